The maximum Gasteiger partial charge on any atom is 0.168 e. The molecule has 90 valence electrons. The monoisotopic (exact) mass is 222 g/mol. The van der Waals surface area contributed by atoms with Crippen LogP contribution < -0.4 is 10.1 Å². The van der Waals surface area contributed by atoms with E-state index >= 15 is 0 Å². The summed E-state index contributed by atoms with van der Waals surface area (Å²) in [4.78, 5) is 4.30. The van der Waals surface area contributed by atoms with E-state index < -0.39 is 0 Å². The van der Waals surface area contributed by atoms with Crippen molar-refractivity contribution < 1.29 is 4.74 Å². The molecule has 1 rings (SSSR count). The summed E-state index contributed by atoms with van der Waals surface area (Å²) in [5.41, 5.74) is 0. The van der Waals surface area contributed by atoms with Gasteiger partial charge in [0.1, 0.15) is 0 Å². The van der Waals surface area contributed by atoms with Crippen LogP contribution in [0.3, 0.4) is 0 Å². The normalized spacial score (nSPS) is 12.6. The summed E-state index contributed by atoms with van der Waals surface area (Å²) in [7, 11) is 0. The molecule has 1 unspecified atom stereocenters. The maximum absolute atomic E-state index is 5.69. The van der Waals surface area contributed by atoms with Crippen molar-refractivity contribution in [1.29, 1.82) is 0 Å². The minimum Gasteiger partial charge on any atom is -0.487 e. The van der Waals surface area contributed by atoms with Gasteiger partial charge in [0.15, 0.2) is 11.6 Å². The Hall–Kier alpha value is -1.25. The number of rotatable bonds is 6. The highest BCUT2D eigenvalue weighted by Crippen LogP contribution is 2.22. The van der Waals surface area contributed by atoms with Crippen molar-refractivity contribution in [3.05, 3.63) is 18.3 Å². The predicted molar refractivity (Wildman–Crippen MR) is 67.9 cm³/mol. The summed E-state index contributed by atoms with van der Waals surface area (Å²) in [6.45, 7) is 9.38. The fourth-order valence-electron chi connectivity index (χ4n) is 1.29. The van der Waals surface area contributed by atoms with Gasteiger partial charge in [-0.15, -0.1) is 0 Å². The first-order valence-corrected chi connectivity index (χ1v) is 5.99. The second-order valence-electron chi connectivity index (χ2n) is 4.41. The highest BCUT2D eigenvalue weighted by molar-refractivity contribution is 5.49. The predicted octanol–water partition coefficient (Wildman–Crippen LogP) is 3.33. The number of pyridine rings is 1. The number of anilines is 1. The van der Waals surface area contributed by atoms with E-state index in [-0.39, 0.29) is 6.10 Å². The quantitative estimate of drug-likeness (QED) is 0.801. The van der Waals surface area contributed by atoms with Crippen LogP contribution in [0.25, 0.3) is 0 Å². The molecular weight excluding hydrogens is 200 g/mol. The average Bonchev–Trinajstić information content (AvgIpc) is 2.26. The van der Waals surface area contributed by atoms with Gasteiger partial charge in [-0.3, -0.25) is 0 Å². The molecule has 0 fully saturated rings. The summed E-state index contributed by atoms with van der Waals surface area (Å²) in [6.07, 6.45) is 3.13. The van der Waals surface area contributed by atoms with Crippen LogP contribution in [0.1, 0.15) is 34.1 Å². The van der Waals surface area contributed by atoms with Crippen LogP contribution >= 0.6 is 0 Å². The molecule has 1 atom stereocenters. The Bertz CT molecular complexity index is 313. The molecule has 0 amide bonds. The number of hydrogen-bond acceptors (Lipinski definition) is 3. The van der Waals surface area contributed by atoms with Crippen molar-refractivity contribution >= 4 is 5.82 Å². The van der Waals surface area contributed by atoms with Crippen molar-refractivity contribution in [3.63, 3.8) is 0 Å². The standard InChI is InChI=1S/C13H22N2O/c1-5-11(4)9-15-13-12(16-10(2)3)7-6-8-14-13/h6-8,10-11H,5,9H2,1-4H3,(H,14,15). The first kappa shape index (κ1) is 12.8. The molecular formula is C13H22N2O. The first-order valence-electron chi connectivity index (χ1n) is 5.99. The van der Waals surface area contributed by atoms with E-state index in [1.165, 1.54) is 6.42 Å². The molecule has 0 aliphatic rings. The number of ether oxygens (including phenoxy) is 1. The van der Waals surface area contributed by atoms with Gasteiger partial charge in [0.25, 0.3) is 0 Å². The molecule has 1 aromatic heterocycles. The fourth-order valence-corrected chi connectivity index (χ4v) is 1.29. The van der Waals surface area contributed by atoms with E-state index in [0.717, 1.165) is 18.1 Å². The molecule has 0 saturated carbocycles. The molecule has 16 heavy (non-hydrogen) atoms. The zero-order valence-corrected chi connectivity index (χ0v) is 10.7. The van der Waals surface area contributed by atoms with Gasteiger partial charge in [-0.05, 0) is 31.9 Å². The van der Waals surface area contributed by atoms with Gasteiger partial charge >= 0.3 is 0 Å². The van der Waals surface area contributed by atoms with Gasteiger partial charge < -0.3 is 10.1 Å². The smallest absolute Gasteiger partial charge is 0.168 e. The first-order chi connectivity index (χ1) is 7.63. The van der Waals surface area contributed by atoms with Gasteiger partial charge in [0, 0.05) is 12.7 Å². The van der Waals surface area contributed by atoms with Crippen LogP contribution in [-0.4, -0.2) is 17.6 Å². The van der Waals surface area contributed by atoms with Crippen LogP contribution in [0.5, 0.6) is 5.75 Å². The van der Waals surface area contributed by atoms with Gasteiger partial charge in [0.2, 0.25) is 0 Å². The Balaban J connectivity index is 2.63. The third kappa shape index (κ3) is 4.09. The second-order valence-corrected chi connectivity index (χ2v) is 4.41. The van der Waals surface area contributed by atoms with E-state index in [2.05, 4.69) is 24.1 Å². The fraction of sp³-hybridized carbons (Fsp3) is 0.615. The Morgan fingerprint density at radius 2 is 2.12 bits per heavy atom. The van der Waals surface area contributed by atoms with Crippen LogP contribution in [0.2, 0.25) is 0 Å². The molecule has 0 aliphatic carbocycles. The van der Waals surface area contributed by atoms with E-state index in [9.17, 15) is 0 Å². The van der Waals surface area contributed by atoms with Crippen molar-refractivity contribution in [1.82, 2.24) is 4.98 Å². The SMILES string of the molecule is CCC(C)CNc1ncccc1OC(C)C. The number of aromatic nitrogens is 1. The lowest BCUT2D eigenvalue weighted by atomic mass is 10.1. The van der Waals surface area contributed by atoms with E-state index in [0.29, 0.717) is 5.92 Å². The van der Waals surface area contributed by atoms with Crippen LogP contribution in [0, 0.1) is 5.92 Å². The summed E-state index contributed by atoms with van der Waals surface area (Å²) >= 11 is 0. The maximum atomic E-state index is 5.69. The topological polar surface area (TPSA) is 34.2 Å². The molecule has 1 heterocycles. The number of nitrogens with zero attached hydrogens (tertiary/aromatic N) is 1. The van der Waals surface area contributed by atoms with Crippen LogP contribution in [-0.2, 0) is 0 Å². The van der Waals surface area contributed by atoms with E-state index in [4.69, 9.17) is 4.74 Å². The number of nitrogens with one attached hydrogen (secondary N) is 1. The van der Waals surface area contributed by atoms with E-state index in [1.54, 1.807) is 6.20 Å². The molecule has 0 radical (unpaired) electrons. The third-order valence-corrected chi connectivity index (χ3v) is 2.45. The Morgan fingerprint density at radius 1 is 1.38 bits per heavy atom. The Labute approximate surface area is 98.2 Å². The minimum atomic E-state index is 0.174. The average molecular weight is 222 g/mol. The van der Waals surface area contributed by atoms with Gasteiger partial charge in [-0.2, -0.15) is 0 Å². The molecule has 3 nitrogen and oxygen atoms in total. The van der Waals surface area contributed by atoms with Gasteiger partial charge in [0.05, 0.1) is 6.10 Å². The van der Waals surface area contributed by atoms with Crippen molar-refractivity contribution in [2.75, 3.05) is 11.9 Å². The lowest BCUT2D eigenvalue weighted by Gasteiger charge is -2.16. The van der Waals surface area contributed by atoms with Crippen LogP contribution in [0.15, 0.2) is 18.3 Å². The molecule has 0 spiro atoms. The summed E-state index contributed by atoms with van der Waals surface area (Å²) in [5, 5.41) is 3.33. The lowest BCUT2D eigenvalue weighted by Crippen LogP contribution is -2.14. The summed E-state index contributed by atoms with van der Waals surface area (Å²) in [5.74, 6) is 2.33. The third-order valence-electron chi connectivity index (χ3n) is 2.45. The Kier molecular flexibility index (Phi) is 5.09. The molecule has 1 N–H and O–H groups in total. The largest absolute Gasteiger partial charge is 0.487 e. The molecule has 0 bridgehead atoms. The number of hydrogen-bond donors (Lipinski definition) is 1. The zero-order valence-electron chi connectivity index (χ0n) is 10.7. The molecule has 0 aromatic carbocycles. The molecule has 0 aliphatic heterocycles. The second kappa shape index (κ2) is 6.36. The molecule has 0 saturated heterocycles. The van der Waals surface area contributed by atoms with Crippen molar-refractivity contribution in [2.45, 2.75) is 40.2 Å². The summed E-state index contributed by atoms with van der Waals surface area (Å²) in [6, 6.07) is 3.85. The minimum absolute atomic E-state index is 0.174. The highest BCUT2D eigenvalue weighted by Gasteiger charge is 2.07. The summed E-state index contributed by atoms with van der Waals surface area (Å²) < 4.78 is 5.69. The molecule has 1 aromatic rings. The highest BCUT2D eigenvalue weighted by atomic mass is 16.5. The van der Waals surface area contributed by atoms with Crippen molar-refractivity contribution in [3.8, 4) is 5.75 Å². The zero-order chi connectivity index (χ0) is 12.0. The van der Waals surface area contributed by atoms with Crippen molar-refractivity contribution in [2.24, 2.45) is 5.92 Å². The van der Waals surface area contributed by atoms with Gasteiger partial charge in [-0.25, -0.2) is 4.98 Å². The van der Waals surface area contributed by atoms with E-state index in [1.807, 2.05) is 26.0 Å². The molecule has 3 heteroatoms. The Morgan fingerprint density at radius 3 is 2.75 bits per heavy atom. The van der Waals surface area contributed by atoms with Gasteiger partial charge in [-0.1, -0.05) is 20.3 Å². The van der Waals surface area contributed by atoms with Crippen LogP contribution in [0.4, 0.5) is 5.82 Å². The lowest BCUT2D eigenvalue weighted by molar-refractivity contribution is 0.243.